The Bertz CT molecular complexity index is 767. The molecular formula is C13H10N4O3S. The number of aromatic nitrogens is 2. The number of imide groups is 1. The lowest BCUT2D eigenvalue weighted by atomic mass is 10.1. The van der Waals surface area contributed by atoms with E-state index in [9.17, 15) is 14.4 Å². The number of anilines is 1. The zero-order valence-electron chi connectivity index (χ0n) is 10.7. The van der Waals surface area contributed by atoms with Gasteiger partial charge in [0.25, 0.3) is 17.4 Å². The van der Waals surface area contributed by atoms with Crippen molar-refractivity contribution in [2.45, 2.75) is 5.16 Å². The molecule has 0 radical (unpaired) electrons. The fourth-order valence-electron chi connectivity index (χ4n) is 2.00. The molecule has 0 saturated carbocycles. The van der Waals surface area contributed by atoms with Crippen molar-refractivity contribution in [2.24, 2.45) is 0 Å². The highest BCUT2D eigenvalue weighted by Gasteiger charge is 2.34. The largest absolute Gasteiger partial charge is 0.383 e. The number of aromatic amines is 1. The van der Waals surface area contributed by atoms with E-state index in [-0.39, 0.29) is 34.2 Å². The minimum absolute atomic E-state index is 0.0543. The molecule has 8 heteroatoms. The van der Waals surface area contributed by atoms with Gasteiger partial charge in [-0.2, -0.15) is 0 Å². The molecule has 106 valence electrons. The number of hydrogen-bond donors (Lipinski definition) is 2. The molecule has 2 amide bonds. The van der Waals surface area contributed by atoms with Crippen molar-refractivity contribution in [2.75, 3.05) is 11.6 Å². The average molecular weight is 302 g/mol. The molecule has 2 heterocycles. The predicted molar refractivity (Wildman–Crippen MR) is 76.9 cm³/mol. The molecule has 0 bridgehead atoms. The molecule has 21 heavy (non-hydrogen) atoms. The van der Waals surface area contributed by atoms with Gasteiger partial charge in [0.2, 0.25) is 0 Å². The lowest BCUT2D eigenvalue weighted by Crippen LogP contribution is -2.29. The highest BCUT2D eigenvalue weighted by Crippen LogP contribution is 2.25. The number of carbonyl (C=O) groups excluding carboxylic acids is 2. The van der Waals surface area contributed by atoms with Gasteiger partial charge in [0.1, 0.15) is 5.82 Å². The van der Waals surface area contributed by atoms with Crippen LogP contribution < -0.4 is 11.3 Å². The van der Waals surface area contributed by atoms with Gasteiger partial charge >= 0.3 is 0 Å². The van der Waals surface area contributed by atoms with Crippen molar-refractivity contribution in [3.8, 4) is 0 Å². The maximum atomic E-state index is 12.1. The van der Waals surface area contributed by atoms with Crippen LogP contribution >= 0.6 is 11.8 Å². The number of H-pyrrole nitrogens is 1. The number of rotatable bonds is 3. The van der Waals surface area contributed by atoms with Crippen molar-refractivity contribution in [1.82, 2.24) is 14.9 Å². The van der Waals surface area contributed by atoms with Crippen LogP contribution in [0, 0.1) is 0 Å². The van der Waals surface area contributed by atoms with E-state index >= 15 is 0 Å². The molecule has 1 aliphatic heterocycles. The van der Waals surface area contributed by atoms with E-state index in [4.69, 9.17) is 5.73 Å². The molecule has 0 aliphatic carbocycles. The van der Waals surface area contributed by atoms with E-state index in [1.54, 1.807) is 24.3 Å². The van der Waals surface area contributed by atoms with E-state index in [0.717, 1.165) is 22.7 Å². The van der Waals surface area contributed by atoms with Crippen LogP contribution in [-0.4, -0.2) is 32.6 Å². The fourth-order valence-corrected chi connectivity index (χ4v) is 2.83. The van der Waals surface area contributed by atoms with Gasteiger partial charge in [0.05, 0.1) is 17.0 Å². The first-order chi connectivity index (χ1) is 10.1. The minimum atomic E-state index is -0.382. The maximum absolute atomic E-state index is 12.1. The molecule has 1 aliphatic rings. The molecule has 0 unspecified atom stereocenters. The highest BCUT2D eigenvalue weighted by molar-refractivity contribution is 7.99. The zero-order chi connectivity index (χ0) is 15.0. The Morgan fingerprint density at radius 2 is 1.76 bits per heavy atom. The van der Waals surface area contributed by atoms with Gasteiger partial charge in [-0.1, -0.05) is 23.9 Å². The first kappa shape index (κ1) is 13.4. The third kappa shape index (κ3) is 2.40. The molecule has 2 aromatic rings. The summed E-state index contributed by atoms with van der Waals surface area (Å²) in [5, 5.41) is 0.261. The molecule has 0 fully saturated rings. The van der Waals surface area contributed by atoms with E-state index in [2.05, 4.69) is 9.97 Å². The summed E-state index contributed by atoms with van der Waals surface area (Å²) in [6.45, 7) is 0. The van der Waals surface area contributed by atoms with E-state index in [1.807, 2.05) is 0 Å². The second-order valence-electron chi connectivity index (χ2n) is 4.33. The van der Waals surface area contributed by atoms with Crippen LogP contribution in [0.15, 0.2) is 40.3 Å². The van der Waals surface area contributed by atoms with E-state index in [1.165, 1.54) is 0 Å². The molecule has 0 atom stereocenters. The number of fused-ring (bicyclic) bond motifs is 1. The summed E-state index contributed by atoms with van der Waals surface area (Å²) < 4.78 is 0. The number of carbonyl (C=O) groups is 2. The number of nitrogens with one attached hydrogen (secondary N) is 1. The van der Waals surface area contributed by atoms with Gasteiger partial charge in [-0.25, -0.2) is 4.98 Å². The fraction of sp³-hybridized carbons (Fsp3) is 0.0769. The van der Waals surface area contributed by atoms with E-state index < -0.39 is 0 Å². The van der Waals surface area contributed by atoms with Crippen molar-refractivity contribution in [3.05, 3.63) is 51.8 Å². The quantitative estimate of drug-likeness (QED) is 0.490. The average Bonchev–Trinajstić information content (AvgIpc) is 2.69. The number of amides is 2. The van der Waals surface area contributed by atoms with E-state index in [0.29, 0.717) is 11.1 Å². The number of nitrogens with two attached hydrogens (primary N) is 1. The summed E-state index contributed by atoms with van der Waals surface area (Å²) in [4.78, 5) is 43.1. The molecule has 0 saturated heterocycles. The Kier molecular flexibility index (Phi) is 3.22. The van der Waals surface area contributed by atoms with Crippen molar-refractivity contribution < 1.29 is 9.59 Å². The minimum Gasteiger partial charge on any atom is -0.383 e. The van der Waals surface area contributed by atoms with Crippen molar-refractivity contribution >= 4 is 29.4 Å². The van der Waals surface area contributed by atoms with Crippen LogP contribution in [-0.2, 0) is 0 Å². The Morgan fingerprint density at radius 3 is 2.33 bits per heavy atom. The van der Waals surface area contributed by atoms with Gasteiger partial charge in [-0.05, 0) is 12.1 Å². The van der Waals surface area contributed by atoms with Crippen LogP contribution in [0.2, 0.25) is 0 Å². The van der Waals surface area contributed by atoms with Gasteiger partial charge in [-0.3, -0.25) is 19.3 Å². The Hall–Kier alpha value is -2.61. The normalized spacial score (nSPS) is 13.6. The number of benzene rings is 1. The molecule has 1 aromatic heterocycles. The molecular weight excluding hydrogens is 292 g/mol. The first-order valence-corrected chi connectivity index (χ1v) is 6.99. The second-order valence-corrected chi connectivity index (χ2v) is 5.27. The second kappa shape index (κ2) is 5.06. The lowest BCUT2D eigenvalue weighted by Gasteiger charge is -2.12. The molecule has 3 N–H and O–H groups in total. The molecule has 3 rings (SSSR count). The first-order valence-electron chi connectivity index (χ1n) is 6.01. The van der Waals surface area contributed by atoms with Crippen molar-refractivity contribution in [3.63, 3.8) is 0 Å². The smallest absolute Gasteiger partial charge is 0.262 e. The summed E-state index contributed by atoms with van der Waals surface area (Å²) in [5.74, 6) is -0.564. The lowest BCUT2D eigenvalue weighted by molar-refractivity contribution is 0.0684. The zero-order valence-corrected chi connectivity index (χ0v) is 11.5. The van der Waals surface area contributed by atoms with Crippen LogP contribution in [0.5, 0.6) is 0 Å². The third-order valence-electron chi connectivity index (χ3n) is 2.95. The summed E-state index contributed by atoms with van der Waals surface area (Å²) in [6, 6.07) is 7.79. The summed E-state index contributed by atoms with van der Waals surface area (Å²) in [5.41, 5.74) is 5.87. The summed E-state index contributed by atoms with van der Waals surface area (Å²) >= 11 is 1.06. The van der Waals surface area contributed by atoms with Gasteiger partial charge < -0.3 is 10.7 Å². The van der Waals surface area contributed by atoms with Crippen LogP contribution in [0.25, 0.3) is 0 Å². The standard InChI is InChI=1S/C13H10N4O3S/c14-9-5-10(18)16-13(15-9)21-6-17-11(19)7-3-1-2-4-8(7)12(17)20/h1-5H,6H2,(H3,14,15,16,18). The topological polar surface area (TPSA) is 109 Å². The number of hydrogen-bond acceptors (Lipinski definition) is 6. The molecule has 1 aromatic carbocycles. The number of thioether (sulfide) groups is 1. The number of nitrogens with zero attached hydrogens (tertiary/aromatic N) is 2. The van der Waals surface area contributed by atoms with Crippen molar-refractivity contribution in [1.29, 1.82) is 0 Å². The molecule has 0 spiro atoms. The Labute approximate surface area is 123 Å². The van der Waals surface area contributed by atoms with Gasteiger partial charge in [-0.15, -0.1) is 0 Å². The molecule has 7 nitrogen and oxygen atoms in total. The number of nitrogen functional groups attached to an aromatic ring is 1. The predicted octanol–water partition coefficient (Wildman–Crippen LogP) is 0.698. The van der Waals surface area contributed by atoms with Crippen LogP contribution in [0.4, 0.5) is 5.82 Å². The summed E-state index contributed by atoms with van der Waals surface area (Å²) in [6.07, 6.45) is 0. The maximum Gasteiger partial charge on any atom is 0.262 e. The monoisotopic (exact) mass is 302 g/mol. The summed E-state index contributed by atoms with van der Waals surface area (Å²) in [7, 11) is 0. The highest BCUT2D eigenvalue weighted by atomic mass is 32.2. The van der Waals surface area contributed by atoms with Gasteiger partial charge in [0, 0.05) is 6.07 Å². The van der Waals surface area contributed by atoms with Gasteiger partial charge in [0.15, 0.2) is 5.16 Å². The SMILES string of the molecule is Nc1cc(=O)[nH]c(SCN2C(=O)c3ccccc3C2=O)n1. The third-order valence-corrected chi connectivity index (χ3v) is 3.80. The van der Waals surface area contributed by atoms with Crippen LogP contribution in [0.3, 0.4) is 0 Å². The Balaban J connectivity index is 1.79. The Morgan fingerprint density at radius 1 is 1.14 bits per heavy atom. The van der Waals surface area contributed by atoms with Crippen LogP contribution in [0.1, 0.15) is 20.7 Å².